The summed E-state index contributed by atoms with van der Waals surface area (Å²) >= 11 is 0. The first kappa shape index (κ1) is 17.7. The van der Waals surface area contributed by atoms with Crippen LogP contribution in [0.1, 0.15) is 27.7 Å². The van der Waals surface area contributed by atoms with Crippen molar-refractivity contribution in [1.82, 2.24) is 10.2 Å². The van der Waals surface area contributed by atoms with Gasteiger partial charge in [0.2, 0.25) is 5.91 Å². The number of nitrogens with zero attached hydrogens (tertiary/aromatic N) is 1. The van der Waals surface area contributed by atoms with Crippen LogP contribution in [0, 0.1) is 23.2 Å². The number of halogens is 3. The van der Waals surface area contributed by atoms with Crippen LogP contribution >= 0.6 is 0 Å². The maximum atomic E-state index is 12.6. The molecule has 1 heterocycles. The Kier molecular flexibility index (Phi) is 4.24. The molecule has 0 aromatic heterocycles. The Bertz CT molecular complexity index is 531. The number of fused-ring (bicyclic) bond motifs is 1. The minimum atomic E-state index is -5.05. The highest BCUT2D eigenvalue weighted by Gasteiger charge is 2.67. The largest absolute Gasteiger partial charge is 0.471 e. The second kappa shape index (κ2) is 5.49. The Morgan fingerprint density at radius 3 is 2.30 bits per heavy atom. The third kappa shape index (κ3) is 2.95. The molecule has 1 aliphatic heterocycles. The molecule has 1 saturated heterocycles. The van der Waals surface area contributed by atoms with Crippen molar-refractivity contribution in [3.8, 4) is 0 Å². The summed E-state index contributed by atoms with van der Waals surface area (Å²) < 4.78 is 37.3. The van der Waals surface area contributed by atoms with E-state index in [-0.39, 0.29) is 17.3 Å². The van der Waals surface area contributed by atoms with Crippen LogP contribution in [-0.4, -0.2) is 47.8 Å². The number of aldehydes is 1. The fraction of sp³-hybridized carbons (Fsp3) is 0.800. The molecule has 0 aromatic rings. The molecule has 2 aliphatic rings. The lowest BCUT2D eigenvalue weighted by Gasteiger charge is -2.32. The molecule has 8 heteroatoms. The van der Waals surface area contributed by atoms with Gasteiger partial charge >= 0.3 is 12.1 Å². The quantitative estimate of drug-likeness (QED) is 0.790. The van der Waals surface area contributed by atoms with Gasteiger partial charge in [-0.25, -0.2) is 0 Å². The summed E-state index contributed by atoms with van der Waals surface area (Å²) in [6.07, 6.45) is -4.37. The standard InChI is InChI=1S/C15H21F3N2O3/c1-7(2)11(19-13(23)15(16,17)18)12(22)20-5-8-10(9(20)6-21)14(8,3)4/h6-11H,5H2,1-4H3,(H,19,23)/t8-,9+,10-,11-/m0/s1. The molecule has 0 aromatic carbocycles. The number of carbonyl (C=O) groups excluding carboxylic acids is 3. The van der Waals surface area contributed by atoms with Crippen molar-refractivity contribution in [1.29, 1.82) is 0 Å². The van der Waals surface area contributed by atoms with Crippen molar-refractivity contribution in [3.63, 3.8) is 0 Å². The van der Waals surface area contributed by atoms with E-state index in [9.17, 15) is 27.6 Å². The number of likely N-dealkylation sites (tertiary alicyclic amines) is 1. The van der Waals surface area contributed by atoms with Crippen LogP contribution in [0.3, 0.4) is 0 Å². The van der Waals surface area contributed by atoms with E-state index in [1.54, 1.807) is 19.2 Å². The number of hydrogen-bond acceptors (Lipinski definition) is 3. The average Bonchev–Trinajstić information content (AvgIpc) is 2.82. The molecule has 1 aliphatic carbocycles. The lowest BCUT2D eigenvalue weighted by molar-refractivity contribution is -0.175. The zero-order chi connectivity index (χ0) is 17.7. The molecule has 4 atom stereocenters. The Labute approximate surface area is 132 Å². The molecular weight excluding hydrogens is 313 g/mol. The van der Waals surface area contributed by atoms with E-state index in [0.717, 1.165) is 0 Å². The van der Waals surface area contributed by atoms with Gasteiger partial charge in [-0.2, -0.15) is 13.2 Å². The fourth-order valence-electron chi connectivity index (χ4n) is 3.65. The summed E-state index contributed by atoms with van der Waals surface area (Å²) in [6.45, 7) is 7.45. The maximum Gasteiger partial charge on any atom is 0.471 e. The van der Waals surface area contributed by atoms with Crippen LogP contribution in [0.5, 0.6) is 0 Å². The SMILES string of the molecule is CC(C)[C@H](NC(=O)C(F)(F)F)C(=O)N1C[C@H]2[C@@H]([C@H]1C=O)C2(C)C. The molecule has 0 radical (unpaired) electrons. The van der Waals surface area contributed by atoms with Gasteiger partial charge in [-0.3, -0.25) is 9.59 Å². The molecule has 2 amide bonds. The summed E-state index contributed by atoms with van der Waals surface area (Å²) in [5.41, 5.74) is -0.0368. The summed E-state index contributed by atoms with van der Waals surface area (Å²) in [7, 11) is 0. The van der Waals surface area contributed by atoms with Crippen molar-refractivity contribution in [3.05, 3.63) is 0 Å². The lowest BCUT2D eigenvalue weighted by Crippen LogP contribution is -2.56. The summed E-state index contributed by atoms with van der Waals surface area (Å²) in [6, 6.07) is -1.93. The lowest BCUT2D eigenvalue weighted by atomic mass is 9.98. The van der Waals surface area contributed by atoms with Crippen molar-refractivity contribution in [2.75, 3.05) is 6.54 Å². The van der Waals surface area contributed by atoms with Gasteiger partial charge in [0.15, 0.2) is 0 Å². The second-order valence-corrected chi connectivity index (χ2v) is 7.26. The third-order valence-electron chi connectivity index (χ3n) is 5.16. The summed E-state index contributed by atoms with van der Waals surface area (Å²) in [5, 5.41) is 1.76. The van der Waals surface area contributed by atoms with E-state index in [1.165, 1.54) is 4.90 Å². The average molecular weight is 334 g/mol. The van der Waals surface area contributed by atoms with Crippen LogP contribution < -0.4 is 5.32 Å². The maximum absolute atomic E-state index is 12.6. The predicted molar refractivity (Wildman–Crippen MR) is 75.1 cm³/mol. The van der Waals surface area contributed by atoms with Crippen LogP contribution in [-0.2, 0) is 14.4 Å². The zero-order valence-corrected chi connectivity index (χ0v) is 13.5. The highest BCUT2D eigenvalue weighted by atomic mass is 19.4. The van der Waals surface area contributed by atoms with Crippen LogP contribution in [0.4, 0.5) is 13.2 Å². The first-order valence-corrected chi connectivity index (χ1v) is 7.56. The van der Waals surface area contributed by atoms with E-state index < -0.39 is 36.0 Å². The van der Waals surface area contributed by atoms with Gasteiger partial charge in [-0.15, -0.1) is 0 Å². The van der Waals surface area contributed by atoms with Gasteiger partial charge < -0.3 is 15.0 Å². The van der Waals surface area contributed by atoms with Crippen molar-refractivity contribution < 1.29 is 27.6 Å². The fourth-order valence-corrected chi connectivity index (χ4v) is 3.65. The highest BCUT2D eigenvalue weighted by Crippen LogP contribution is 2.64. The Hall–Kier alpha value is -1.60. The molecule has 5 nitrogen and oxygen atoms in total. The molecule has 2 rings (SSSR count). The molecule has 1 saturated carbocycles. The molecule has 130 valence electrons. The Balaban J connectivity index is 2.14. The van der Waals surface area contributed by atoms with Gasteiger partial charge in [0.1, 0.15) is 12.3 Å². The summed E-state index contributed by atoms with van der Waals surface area (Å²) in [5.74, 6) is -3.08. The van der Waals surface area contributed by atoms with Crippen LogP contribution in [0.15, 0.2) is 0 Å². The first-order valence-electron chi connectivity index (χ1n) is 7.56. The zero-order valence-electron chi connectivity index (χ0n) is 13.5. The number of amides is 2. The van der Waals surface area contributed by atoms with Gasteiger partial charge in [0.25, 0.3) is 0 Å². The normalized spacial score (nSPS) is 29.9. The van der Waals surface area contributed by atoms with Crippen molar-refractivity contribution in [2.24, 2.45) is 23.2 Å². The number of carbonyl (C=O) groups is 3. The van der Waals surface area contributed by atoms with Gasteiger partial charge in [0.05, 0.1) is 6.04 Å². The van der Waals surface area contributed by atoms with Crippen molar-refractivity contribution in [2.45, 2.75) is 46.0 Å². The topological polar surface area (TPSA) is 66.5 Å². The Morgan fingerprint density at radius 1 is 1.30 bits per heavy atom. The third-order valence-corrected chi connectivity index (χ3v) is 5.16. The predicted octanol–water partition coefficient (Wildman–Crippen LogP) is 1.37. The molecule has 0 bridgehead atoms. The minimum absolute atomic E-state index is 0.0368. The molecular formula is C15H21F3N2O3. The van der Waals surface area contributed by atoms with E-state index in [1.807, 2.05) is 13.8 Å². The highest BCUT2D eigenvalue weighted by molar-refractivity contribution is 5.91. The number of hydrogen-bond donors (Lipinski definition) is 1. The Morgan fingerprint density at radius 2 is 1.87 bits per heavy atom. The monoisotopic (exact) mass is 334 g/mol. The number of alkyl halides is 3. The smallest absolute Gasteiger partial charge is 0.336 e. The van der Waals surface area contributed by atoms with E-state index >= 15 is 0 Å². The van der Waals surface area contributed by atoms with Gasteiger partial charge in [-0.05, 0) is 23.2 Å². The number of nitrogens with one attached hydrogen (secondary N) is 1. The van der Waals surface area contributed by atoms with E-state index in [4.69, 9.17) is 0 Å². The molecule has 0 spiro atoms. The minimum Gasteiger partial charge on any atom is -0.336 e. The molecule has 0 unspecified atom stereocenters. The van der Waals surface area contributed by atoms with E-state index in [0.29, 0.717) is 12.8 Å². The van der Waals surface area contributed by atoms with E-state index in [2.05, 4.69) is 0 Å². The number of piperidine rings is 1. The van der Waals surface area contributed by atoms with Crippen molar-refractivity contribution >= 4 is 18.1 Å². The summed E-state index contributed by atoms with van der Waals surface area (Å²) in [4.78, 5) is 36.4. The van der Waals surface area contributed by atoms with Crippen LogP contribution in [0.2, 0.25) is 0 Å². The molecule has 23 heavy (non-hydrogen) atoms. The first-order chi connectivity index (χ1) is 10.4. The van der Waals surface area contributed by atoms with Gasteiger partial charge in [0, 0.05) is 6.54 Å². The molecule has 2 fully saturated rings. The number of rotatable bonds is 4. The van der Waals surface area contributed by atoms with Gasteiger partial charge in [-0.1, -0.05) is 27.7 Å². The second-order valence-electron chi connectivity index (χ2n) is 7.26. The van der Waals surface area contributed by atoms with Crippen LogP contribution in [0.25, 0.3) is 0 Å². The molecule has 1 N–H and O–H groups in total.